The summed E-state index contributed by atoms with van der Waals surface area (Å²) in [5.74, 6) is 2.68. The Labute approximate surface area is 153 Å². The van der Waals surface area contributed by atoms with Gasteiger partial charge in [0.25, 0.3) is 0 Å². The van der Waals surface area contributed by atoms with E-state index in [1.807, 2.05) is 6.92 Å². The first-order valence-electron chi connectivity index (χ1n) is 7.56. The number of nitrogens with zero attached hydrogens (tertiary/aromatic N) is 4. The van der Waals surface area contributed by atoms with Gasteiger partial charge in [-0.25, -0.2) is 0 Å². The van der Waals surface area contributed by atoms with E-state index in [0.29, 0.717) is 24.2 Å². The van der Waals surface area contributed by atoms with Crippen molar-refractivity contribution in [2.24, 2.45) is 4.99 Å². The molecule has 3 rings (SSSR count). The van der Waals surface area contributed by atoms with Gasteiger partial charge in [-0.3, -0.25) is 4.99 Å². The number of halogens is 1. The predicted octanol–water partition coefficient (Wildman–Crippen LogP) is 2.56. The van der Waals surface area contributed by atoms with Gasteiger partial charge in [0.15, 0.2) is 11.8 Å². The Balaban J connectivity index is 0.00000192. The molecule has 2 aromatic rings. The summed E-state index contributed by atoms with van der Waals surface area (Å²) in [6.45, 7) is 4.29. The summed E-state index contributed by atoms with van der Waals surface area (Å²) in [7, 11) is 1.80. The molecule has 1 aliphatic heterocycles. The fourth-order valence-electron chi connectivity index (χ4n) is 2.85. The molecule has 1 fully saturated rings. The van der Waals surface area contributed by atoms with Crippen molar-refractivity contribution < 1.29 is 4.52 Å². The minimum absolute atomic E-state index is 0. The summed E-state index contributed by atoms with van der Waals surface area (Å²) in [5, 5.41) is 7.08. The second-order valence-corrected chi connectivity index (χ2v) is 5.48. The van der Waals surface area contributed by atoms with Crippen LogP contribution >= 0.6 is 24.0 Å². The summed E-state index contributed by atoms with van der Waals surface area (Å²) in [5.41, 5.74) is 1.40. The van der Waals surface area contributed by atoms with Gasteiger partial charge in [0.05, 0.1) is 6.54 Å². The molecule has 0 radical (unpaired) electrons. The van der Waals surface area contributed by atoms with Crippen LogP contribution in [0.1, 0.15) is 29.6 Å². The molecule has 1 atom stereocenters. The molecule has 1 aromatic heterocycles. The number of hydrogen-bond donors (Lipinski definition) is 1. The molecule has 0 bridgehead atoms. The summed E-state index contributed by atoms with van der Waals surface area (Å²) in [6, 6.07) is 10.7. The molecule has 23 heavy (non-hydrogen) atoms. The van der Waals surface area contributed by atoms with E-state index in [1.54, 1.807) is 7.05 Å². The smallest absolute Gasteiger partial charge is 0.246 e. The molecular formula is C16H22IN5O. The molecule has 0 spiro atoms. The number of benzene rings is 1. The molecule has 7 heteroatoms. The summed E-state index contributed by atoms with van der Waals surface area (Å²) in [6.07, 6.45) is 1.14. The fraction of sp³-hybridized carbons (Fsp3) is 0.438. The predicted molar refractivity (Wildman–Crippen MR) is 100 cm³/mol. The standard InChI is InChI=1S/C16H21N5O.HI/c1-12-19-15(22-20-12)10-18-16(17-2)21-9-8-14(11-21)13-6-4-3-5-7-13;/h3-7,14H,8-11H2,1-2H3,(H,17,18);1H. The number of nitrogens with one attached hydrogen (secondary N) is 1. The van der Waals surface area contributed by atoms with Crippen molar-refractivity contribution in [1.29, 1.82) is 0 Å². The van der Waals surface area contributed by atoms with Crippen LogP contribution in [0.4, 0.5) is 0 Å². The highest BCUT2D eigenvalue weighted by molar-refractivity contribution is 14.0. The van der Waals surface area contributed by atoms with Crippen molar-refractivity contribution in [2.75, 3.05) is 20.1 Å². The van der Waals surface area contributed by atoms with Crippen LogP contribution in [0.15, 0.2) is 39.8 Å². The van der Waals surface area contributed by atoms with Gasteiger partial charge in [-0.15, -0.1) is 24.0 Å². The molecule has 1 N–H and O–H groups in total. The number of aryl methyl sites for hydroxylation is 1. The van der Waals surface area contributed by atoms with Crippen molar-refractivity contribution in [3.63, 3.8) is 0 Å². The van der Waals surface area contributed by atoms with Crippen LogP contribution < -0.4 is 5.32 Å². The first-order valence-corrected chi connectivity index (χ1v) is 7.56. The summed E-state index contributed by atoms with van der Waals surface area (Å²) >= 11 is 0. The number of aromatic nitrogens is 2. The van der Waals surface area contributed by atoms with E-state index in [2.05, 4.69) is 55.7 Å². The van der Waals surface area contributed by atoms with E-state index >= 15 is 0 Å². The molecule has 0 saturated carbocycles. The summed E-state index contributed by atoms with van der Waals surface area (Å²) < 4.78 is 5.12. The molecule has 1 saturated heterocycles. The average Bonchev–Trinajstić information content (AvgIpc) is 3.18. The number of hydrogen-bond acceptors (Lipinski definition) is 4. The van der Waals surface area contributed by atoms with Gasteiger partial charge in [-0.05, 0) is 18.9 Å². The highest BCUT2D eigenvalue weighted by Crippen LogP contribution is 2.26. The Morgan fingerprint density at radius 2 is 2.17 bits per heavy atom. The third kappa shape index (κ3) is 4.43. The lowest BCUT2D eigenvalue weighted by Crippen LogP contribution is -2.39. The van der Waals surface area contributed by atoms with Crippen LogP contribution in [0.3, 0.4) is 0 Å². The lowest BCUT2D eigenvalue weighted by molar-refractivity contribution is 0.368. The van der Waals surface area contributed by atoms with Gasteiger partial charge in [0, 0.05) is 26.1 Å². The van der Waals surface area contributed by atoms with Crippen LogP contribution in [0.5, 0.6) is 0 Å². The monoisotopic (exact) mass is 427 g/mol. The molecule has 1 aliphatic rings. The molecule has 2 heterocycles. The van der Waals surface area contributed by atoms with Gasteiger partial charge in [-0.1, -0.05) is 35.5 Å². The van der Waals surface area contributed by atoms with Crippen molar-refractivity contribution >= 4 is 29.9 Å². The summed E-state index contributed by atoms with van der Waals surface area (Å²) in [4.78, 5) is 10.8. The van der Waals surface area contributed by atoms with Crippen LogP contribution in [0.2, 0.25) is 0 Å². The van der Waals surface area contributed by atoms with Crippen molar-refractivity contribution in [3.05, 3.63) is 47.6 Å². The van der Waals surface area contributed by atoms with Crippen molar-refractivity contribution in [3.8, 4) is 0 Å². The van der Waals surface area contributed by atoms with Crippen molar-refractivity contribution in [2.45, 2.75) is 25.8 Å². The molecule has 1 aromatic carbocycles. The van der Waals surface area contributed by atoms with Gasteiger partial charge >= 0.3 is 0 Å². The molecule has 6 nitrogen and oxygen atoms in total. The molecule has 124 valence electrons. The highest BCUT2D eigenvalue weighted by atomic mass is 127. The Morgan fingerprint density at radius 3 is 2.83 bits per heavy atom. The lowest BCUT2D eigenvalue weighted by atomic mass is 9.99. The van der Waals surface area contributed by atoms with E-state index in [0.717, 1.165) is 25.5 Å². The molecular weight excluding hydrogens is 405 g/mol. The first kappa shape index (κ1) is 17.7. The fourth-order valence-corrected chi connectivity index (χ4v) is 2.85. The minimum atomic E-state index is 0. The van der Waals surface area contributed by atoms with Crippen molar-refractivity contribution in [1.82, 2.24) is 20.4 Å². The number of rotatable bonds is 3. The Kier molecular flexibility index (Phi) is 6.37. The quantitative estimate of drug-likeness (QED) is 0.464. The number of aliphatic imine (C=N–C) groups is 1. The maximum Gasteiger partial charge on any atom is 0.246 e. The van der Waals surface area contributed by atoms with E-state index in [9.17, 15) is 0 Å². The zero-order valence-corrected chi connectivity index (χ0v) is 15.7. The van der Waals surface area contributed by atoms with Crippen LogP contribution in [0.25, 0.3) is 0 Å². The minimum Gasteiger partial charge on any atom is -0.347 e. The molecule has 1 unspecified atom stereocenters. The third-order valence-corrected chi connectivity index (χ3v) is 3.94. The average molecular weight is 427 g/mol. The second kappa shape index (κ2) is 8.28. The lowest BCUT2D eigenvalue weighted by Gasteiger charge is -2.21. The maximum atomic E-state index is 5.12. The van der Waals surface area contributed by atoms with Crippen LogP contribution in [-0.4, -0.2) is 41.1 Å². The van der Waals surface area contributed by atoms with Crippen LogP contribution in [-0.2, 0) is 6.54 Å². The maximum absolute atomic E-state index is 5.12. The van der Waals surface area contributed by atoms with E-state index in [-0.39, 0.29) is 24.0 Å². The number of likely N-dealkylation sites (tertiary alicyclic amines) is 1. The SMILES string of the molecule is CN=C(NCc1nc(C)no1)N1CCC(c2ccccc2)C1.I. The van der Waals surface area contributed by atoms with E-state index < -0.39 is 0 Å². The topological polar surface area (TPSA) is 66.5 Å². The zero-order chi connectivity index (χ0) is 15.4. The first-order chi connectivity index (χ1) is 10.8. The van der Waals surface area contributed by atoms with Gasteiger partial charge in [0.1, 0.15) is 0 Å². The Hall–Kier alpha value is -1.64. The zero-order valence-electron chi connectivity index (χ0n) is 13.4. The van der Waals surface area contributed by atoms with Gasteiger partial charge in [0.2, 0.25) is 5.89 Å². The molecule has 0 aliphatic carbocycles. The largest absolute Gasteiger partial charge is 0.347 e. The van der Waals surface area contributed by atoms with Crippen LogP contribution in [0, 0.1) is 6.92 Å². The van der Waals surface area contributed by atoms with E-state index in [1.165, 1.54) is 5.56 Å². The Morgan fingerprint density at radius 1 is 1.39 bits per heavy atom. The molecule has 0 amide bonds. The van der Waals surface area contributed by atoms with E-state index in [4.69, 9.17) is 4.52 Å². The second-order valence-electron chi connectivity index (χ2n) is 5.48. The Bertz CT molecular complexity index is 643. The number of guanidine groups is 1. The van der Waals surface area contributed by atoms with Gasteiger partial charge < -0.3 is 14.7 Å². The normalized spacial score (nSPS) is 17.9. The van der Waals surface area contributed by atoms with Gasteiger partial charge in [-0.2, -0.15) is 4.98 Å². The third-order valence-electron chi connectivity index (χ3n) is 3.94. The highest BCUT2D eigenvalue weighted by Gasteiger charge is 2.26.